The summed E-state index contributed by atoms with van der Waals surface area (Å²) < 4.78 is 6.47. The predicted octanol–water partition coefficient (Wildman–Crippen LogP) is 3.35. The normalized spacial score (nSPS) is 10.2. The number of hydrogen-bond donors (Lipinski definition) is 2. The molecule has 3 N–H and O–H groups in total. The predicted molar refractivity (Wildman–Crippen MR) is 79.7 cm³/mol. The van der Waals surface area contributed by atoms with Gasteiger partial charge in [-0.05, 0) is 30.7 Å². The molecule has 0 saturated heterocycles. The van der Waals surface area contributed by atoms with E-state index in [1.165, 1.54) is 6.33 Å². The van der Waals surface area contributed by atoms with Crippen LogP contribution in [-0.4, -0.2) is 16.6 Å². The molecule has 0 aliphatic heterocycles. The molecule has 0 unspecified atom stereocenters. The highest BCUT2D eigenvalue weighted by Gasteiger charge is 2.09. The lowest BCUT2D eigenvalue weighted by atomic mass is 10.3. The fourth-order valence-electron chi connectivity index (χ4n) is 1.46. The molecule has 0 saturated carbocycles. The Kier molecular flexibility index (Phi) is 4.57. The molecule has 2 rings (SSSR count). The van der Waals surface area contributed by atoms with E-state index in [2.05, 4.69) is 31.2 Å². The van der Waals surface area contributed by atoms with Crippen LogP contribution in [0.25, 0.3) is 0 Å². The average Bonchev–Trinajstić information content (AvgIpc) is 2.42. The molecule has 1 heterocycles. The van der Waals surface area contributed by atoms with E-state index in [4.69, 9.17) is 10.5 Å². The zero-order valence-corrected chi connectivity index (χ0v) is 12.1. The molecule has 0 amide bonds. The summed E-state index contributed by atoms with van der Waals surface area (Å²) in [5.41, 5.74) is 7.29. The molecule has 1 aromatic carbocycles. The van der Waals surface area contributed by atoms with Gasteiger partial charge in [0.15, 0.2) is 5.82 Å². The Morgan fingerprint density at radius 1 is 1.26 bits per heavy atom. The number of rotatable bonds is 5. The van der Waals surface area contributed by atoms with Gasteiger partial charge in [-0.25, -0.2) is 4.98 Å². The quantitative estimate of drug-likeness (QED) is 0.883. The highest BCUT2D eigenvalue weighted by Crippen LogP contribution is 2.27. The summed E-state index contributed by atoms with van der Waals surface area (Å²) in [7, 11) is 0. The number of benzene rings is 1. The van der Waals surface area contributed by atoms with E-state index < -0.39 is 0 Å². The summed E-state index contributed by atoms with van der Waals surface area (Å²) in [6.07, 6.45) is 2.33. The third kappa shape index (κ3) is 3.57. The molecule has 0 bridgehead atoms. The van der Waals surface area contributed by atoms with Crippen molar-refractivity contribution in [2.24, 2.45) is 0 Å². The van der Waals surface area contributed by atoms with Crippen LogP contribution in [0.5, 0.6) is 5.88 Å². The summed E-state index contributed by atoms with van der Waals surface area (Å²) in [5, 5.41) is 3.14. The van der Waals surface area contributed by atoms with Crippen molar-refractivity contribution in [3.8, 4) is 5.88 Å². The van der Waals surface area contributed by atoms with E-state index in [-0.39, 0.29) is 0 Å². The van der Waals surface area contributed by atoms with Crippen molar-refractivity contribution in [1.82, 2.24) is 9.97 Å². The van der Waals surface area contributed by atoms with Crippen molar-refractivity contribution >= 4 is 33.1 Å². The maximum atomic E-state index is 5.98. The Balaban J connectivity index is 2.18. The largest absolute Gasteiger partial charge is 0.476 e. The second-order valence-electron chi connectivity index (χ2n) is 3.92. The van der Waals surface area contributed by atoms with Gasteiger partial charge in [0.1, 0.15) is 12.0 Å². The molecule has 0 radical (unpaired) electrons. The van der Waals surface area contributed by atoms with Gasteiger partial charge < -0.3 is 15.8 Å². The lowest BCUT2D eigenvalue weighted by Gasteiger charge is -2.11. The first-order chi connectivity index (χ1) is 9.20. The number of halogens is 1. The van der Waals surface area contributed by atoms with Gasteiger partial charge in [0, 0.05) is 10.2 Å². The van der Waals surface area contributed by atoms with Crippen molar-refractivity contribution in [1.29, 1.82) is 0 Å². The van der Waals surface area contributed by atoms with E-state index in [1.54, 1.807) is 0 Å². The molecule has 0 atom stereocenters. The smallest absolute Gasteiger partial charge is 0.242 e. The van der Waals surface area contributed by atoms with Crippen molar-refractivity contribution in [2.75, 3.05) is 17.7 Å². The lowest BCUT2D eigenvalue weighted by Crippen LogP contribution is -2.05. The minimum atomic E-state index is 0.413. The standard InChI is InChI=1S/C13H15BrN4O/c1-2-7-19-13-11(15)12(16-8-17-13)18-10-5-3-9(14)4-6-10/h3-6,8H,2,7,15H2,1H3,(H,16,17,18). The van der Waals surface area contributed by atoms with Gasteiger partial charge in [-0.2, -0.15) is 4.98 Å². The monoisotopic (exact) mass is 322 g/mol. The second kappa shape index (κ2) is 6.38. The lowest BCUT2D eigenvalue weighted by molar-refractivity contribution is 0.307. The Morgan fingerprint density at radius 3 is 2.68 bits per heavy atom. The number of nitrogens with zero attached hydrogens (tertiary/aromatic N) is 2. The van der Waals surface area contributed by atoms with Crippen molar-refractivity contribution in [3.63, 3.8) is 0 Å². The topological polar surface area (TPSA) is 73.1 Å². The SMILES string of the molecule is CCCOc1ncnc(Nc2ccc(Br)cc2)c1N. The fourth-order valence-corrected chi connectivity index (χ4v) is 1.73. The summed E-state index contributed by atoms with van der Waals surface area (Å²) in [4.78, 5) is 8.15. The van der Waals surface area contributed by atoms with E-state index in [9.17, 15) is 0 Å². The molecule has 0 aliphatic carbocycles. The van der Waals surface area contributed by atoms with Crippen LogP contribution in [0.2, 0.25) is 0 Å². The molecule has 6 heteroatoms. The van der Waals surface area contributed by atoms with Gasteiger partial charge in [0.25, 0.3) is 0 Å². The number of ether oxygens (including phenoxy) is 1. The number of nitrogens with two attached hydrogens (primary N) is 1. The number of anilines is 3. The zero-order valence-electron chi connectivity index (χ0n) is 10.6. The Morgan fingerprint density at radius 2 is 2.00 bits per heavy atom. The first-order valence-corrected chi connectivity index (χ1v) is 6.76. The molecular formula is C13H15BrN4O. The number of aromatic nitrogens is 2. The van der Waals surface area contributed by atoms with Crippen LogP contribution in [0.3, 0.4) is 0 Å². The third-order valence-corrected chi connectivity index (χ3v) is 2.93. The van der Waals surface area contributed by atoms with Crippen LogP contribution in [0.15, 0.2) is 35.1 Å². The second-order valence-corrected chi connectivity index (χ2v) is 4.84. The molecule has 0 fully saturated rings. The number of nitrogens with one attached hydrogen (secondary N) is 1. The van der Waals surface area contributed by atoms with Crippen LogP contribution >= 0.6 is 15.9 Å². The van der Waals surface area contributed by atoms with Gasteiger partial charge >= 0.3 is 0 Å². The van der Waals surface area contributed by atoms with Gasteiger partial charge in [-0.15, -0.1) is 0 Å². The molecule has 0 spiro atoms. The third-order valence-electron chi connectivity index (χ3n) is 2.40. The van der Waals surface area contributed by atoms with Gasteiger partial charge in [-0.1, -0.05) is 22.9 Å². The summed E-state index contributed by atoms with van der Waals surface area (Å²) in [6.45, 7) is 2.61. The Bertz CT molecular complexity index is 545. The van der Waals surface area contributed by atoms with E-state index in [1.807, 2.05) is 31.2 Å². The maximum Gasteiger partial charge on any atom is 0.242 e. The van der Waals surface area contributed by atoms with Crippen LogP contribution in [0, 0.1) is 0 Å². The number of hydrogen-bond acceptors (Lipinski definition) is 5. The van der Waals surface area contributed by atoms with Crippen LogP contribution < -0.4 is 15.8 Å². The molecule has 5 nitrogen and oxygen atoms in total. The van der Waals surface area contributed by atoms with Gasteiger partial charge in [0.05, 0.1) is 6.61 Å². The molecule has 2 aromatic rings. The molecule has 1 aromatic heterocycles. The van der Waals surface area contributed by atoms with Crippen molar-refractivity contribution in [2.45, 2.75) is 13.3 Å². The van der Waals surface area contributed by atoms with Crippen molar-refractivity contribution < 1.29 is 4.74 Å². The summed E-state index contributed by atoms with van der Waals surface area (Å²) in [6, 6.07) is 7.73. The summed E-state index contributed by atoms with van der Waals surface area (Å²) in [5.74, 6) is 0.958. The van der Waals surface area contributed by atoms with Crippen LogP contribution in [0.4, 0.5) is 17.2 Å². The molecule has 100 valence electrons. The first-order valence-electron chi connectivity index (χ1n) is 5.96. The highest BCUT2D eigenvalue weighted by atomic mass is 79.9. The first kappa shape index (κ1) is 13.6. The maximum absolute atomic E-state index is 5.98. The zero-order chi connectivity index (χ0) is 13.7. The molecular weight excluding hydrogens is 308 g/mol. The number of nitrogen functional groups attached to an aromatic ring is 1. The minimum absolute atomic E-state index is 0.413. The molecule has 19 heavy (non-hydrogen) atoms. The average molecular weight is 323 g/mol. The van der Waals surface area contributed by atoms with Gasteiger partial charge in [-0.3, -0.25) is 0 Å². The van der Waals surface area contributed by atoms with Crippen LogP contribution in [0.1, 0.15) is 13.3 Å². The fraction of sp³-hybridized carbons (Fsp3) is 0.231. The Labute approximate surface area is 120 Å². The van der Waals surface area contributed by atoms with Crippen LogP contribution in [-0.2, 0) is 0 Å². The van der Waals surface area contributed by atoms with E-state index >= 15 is 0 Å². The molecule has 0 aliphatic rings. The minimum Gasteiger partial charge on any atom is -0.476 e. The van der Waals surface area contributed by atoms with E-state index in [0.29, 0.717) is 24.0 Å². The Hall–Kier alpha value is -1.82. The van der Waals surface area contributed by atoms with Crippen molar-refractivity contribution in [3.05, 3.63) is 35.1 Å². The van der Waals surface area contributed by atoms with E-state index in [0.717, 1.165) is 16.6 Å². The summed E-state index contributed by atoms with van der Waals surface area (Å²) >= 11 is 3.39. The van der Waals surface area contributed by atoms with Gasteiger partial charge in [0.2, 0.25) is 5.88 Å². The highest BCUT2D eigenvalue weighted by molar-refractivity contribution is 9.10.